The van der Waals surface area contributed by atoms with E-state index >= 15 is 0 Å². The molecule has 0 radical (unpaired) electrons. The standard InChI is InChI=1S/C17H12ClN3O2/c18-14-10-15(21(22)23)17(19)20-16(14)13-8-6-12(7-9-13)11-4-2-1-3-5-11/h1-10H,(H2,19,20). The van der Waals surface area contributed by atoms with Crippen molar-refractivity contribution in [2.45, 2.75) is 0 Å². The maximum absolute atomic E-state index is 10.9. The molecule has 6 heteroatoms. The van der Waals surface area contributed by atoms with E-state index in [2.05, 4.69) is 4.98 Å². The van der Waals surface area contributed by atoms with Crippen molar-refractivity contribution in [1.82, 2.24) is 4.98 Å². The zero-order valence-electron chi connectivity index (χ0n) is 11.9. The zero-order chi connectivity index (χ0) is 16.4. The van der Waals surface area contributed by atoms with Gasteiger partial charge in [-0.1, -0.05) is 66.2 Å². The van der Waals surface area contributed by atoms with Crippen LogP contribution >= 0.6 is 11.6 Å². The number of nitro groups is 1. The summed E-state index contributed by atoms with van der Waals surface area (Å²) in [6, 6.07) is 18.8. The Morgan fingerprint density at radius 3 is 2.13 bits per heavy atom. The van der Waals surface area contributed by atoms with Gasteiger partial charge in [-0.3, -0.25) is 10.1 Å². The van der Waals surface area contributed by atoms with Gasteiger partial charge in [0, 0.05) is 11.6 Å². The minimum Gasteiger partial charge on any atom is -0.378 e. The molecule has 2 N–H and O–H groups in total. The summed E-state index contributed by atoms with van der Waals surface area (Å²) in [6.07, 6.45) is 0. The third-order valence-electron chi connectivity index (χ3n) is 3.45. The van der Waals surface area contributed by atoms with Crippen LogP contribution in [0.5, 0.6) is 0 Å². The number of aromatic nitrogens is 1. The topological polar surface area (TPSA) is 82.0 Å². The normalized spacial score (nSPS) is 10.5. The van der Waals surface area contributed by atoms with Crippen molar-refractivity contribution < 1.29 is 4.92 Å². The Morgan fingerprint density at radius 1 is 0.957 bits per heavy atom. The molecule has 3 aromatic rings. The van der Waals surface area contributed by atoms with E-state index in [0.717, 1.165) is 16.7 Å². The van der Waals surface area contributed by atoms with Crippen LogP contribution in [0, 0.1) is 10.1 Å². The van der Waals surface area contributed by atoms with E-state index in [-0.39, 0.29) is 16.5 Å². The van der Waals surface area contributed by atoms with Crippen LogP contribution in [-0.2, 0) is 0 Å². The van der Waals surface area contributed by atoms with Crippen LogP contribution in [0.4, 0.5) is 11.5 Å². The van der Waals surface area contributed by atoms with Gasteiger partial charge in [-0.2, -0.15) is 0 Å². The third kappa shape index (κ3) is 3.00. The molecule has 0 saturated heterocycles. The molecule has 0 fully saturated rings. The van der Waals surface area contributed by atoms with Crippen molar-refractivity contribution in [1.29, 1.82) is 0 Å². The average molecular weight is 326 g/mol. The molecule has 0 unspecified atom stereocenters. The minimum absolute atomic E-state index is 0.151. The lowest BCUT2D eigenvalue weighted by Crippen LogP contribution is -2.00. The summed E-state index contributed by atoms with van der Waals surface area (Å²) in [5.74, 6) is -0.151. The quantitative estimate of drug-likeness (QED) is 0.565. The molecule has 0 bridgehead atoms. The van der Waals surface area contributed by atoms with Crippen LogP contribution in [0.1, 0.15) is 0 Å². The monoisotopic (exact) mass is 325 g/mol. The van der Waals surface area contributed by atoms with Gasteiger partial charge in [0.15, 0.2) is 0 Å². The largest absolute Gasteiger partial charge is 0.378 e. The number of hydrogen-bond acceptors (Lipinski definition) is 4. The number of rotatable bonds is 3. The third-order valence-corrected chi connectivity index (χ3v) is 3.73. The van der Waals surface area contributed by atoms with Crippen LogP contribution < -0.4 is 5.73 Å². The van der Waals surface area contributed by atoms with E-state index in [9.17, 15) is 10.1 Å². The Labute approximate surface area is 137 Å². The molecule has 0 aliphatic heterocycles. The van der Waals surface area contributed by atoms with Crippen LogP contribution in [0.25, 0.3) is 22.4 Å². The van der Waals surface area contributed by atoms with Gasteiger partial charge in [0.05, 0.1) is 15.6 Å². The fourth-order valence-electron chi connectivity index (χ4n) is 2.29. The summed E-state index contributed by atoms with van der Waals surface area (Å²) in [7, 11) is 0. The molecule has 5 nitrogen and oxygen atoms in total. The van der Waals surface area contributed by atoms with Crippen molar-refractivity contribution in [3.63, 3.8) is 0 Å². The summed E-state index contributed by atoms with van der Waals surface area (Å²) < 4.78 is 0. The maximum atomic E-state index is 10.9. The number of nitrogens with two attached hydrogens (primary N) is 1. The van der Waals surface area contributed by atoms with Crippen molar-refractivity contribution in [3.05, 3.63) is 75.8 Å². The first kappa shape index (κ1) is 15.0. The van der Waals surface area contributed by atoms with E-state index in [1.165, 1.54) is 6.07 Å². The van der Waals surface area contributed by atoms with Crippen molar-refractivity contribution >= 4 is 23.1 Å². The predicted molar refractivity (Wildman–Crippen MR) is 91.2 cm³/mol. The van der Waals surface area contributed by atoms with E-state index < -0.39 is 4.92 Å². The first-order valence-corrected chi connectivity index (χ1v) is 7.20. The summed E-state index contributed by atoms with van der Waals surface area (Å²) in [6.45, 7) is 0. The highest BCUT2D eigenvalue weighted by Crippen LogP contribution is 2.33. The smallest absolute Gasteiger partial charge is 0.312 e. The van der Waals surface area contributed by atoms with Gasteiger partial charge in [0.2, 0.25) is 5.82 Å². The van der Waals surface area contributed by atoms with Crippen LogP contribution in [-0.4, -0.2) is 9.91 Å². The van der Waals surface area contributed by atoms with Crippen LogP contribution in [0.2, 0.25) is 5.02 Å². The highest BCUT2D eigenvalue weighted by Gasteiger charge is 2.17. The summed E-state index contributed by atoms with van der Waals surface area (Å²) in [5, 5.41) is 11.0. The van der Waals surface area contributed by atoms with E-state index in [1.807, 2.05) is 54.6 Å². The Morgan fingerprint density at radius 2 is 1.52 bits per heavy atom. The number of nitrogen functional groups attached to an aromatic ring is 1. The number of anilines is 1. The second-order valence-electron chi connectivity index (χ2n) is 4.92. The molecule has 0 atom stereocenters. The van der Waals surface area contributed by atoms with Gasteiger partial charge in [0.1, 0.15) is 0 Å². The fourth-order valence-corrected chi connectivity index (χ4v) is 2.55. The van der Waals surface area contributed by atoms with E-state index in [0.29, 0.717) is 5.69 Å². The number of benzene rings is 2. The van der Waals surface area contributed by atoms with Gasteiger partial charge in [0.25, 0.3) is 0 Å². The zero-order valence-corrected chi connectivity index (χ0v) is 12.7. The molecule has 0 amide bonds. The van der Waals surface area contributed by atoms with Crippen molar-refractivity contribution in [2.75, 3.05) is 5.73 Å². The fraction of sp³-hybridized carbons (Fsp3) is 0. The molecule has 23 heavy (non-hydrogen) atoms. The lowest BCUT2D eigenvalue weighted by atomic mass is 10.0. The van der Waals surface area contributed by atoms with Gasteiger partial charge in [-0.05, 0) is 11.1 Å². The van der Waals surface area contributed by atoms with Gasteiger partial charge in [-0.15, -0.1) is 0 Å². The summed E-state index contributed by atoms with van der Waals surface area (Å²) in [4.78, 5) is 14.3. The lowest BCUT2D eigenvalue weighted by Gasteiger charge is -2.07. The molecule has 3 rings (SSSR count). The maximum Gasteiger partial charge on any atom is 0.312 e. The van der Waals surface area contributed by atoms with E-state index in [1.54, 1.807) is 0 Å². The minimum atomic E-state index is -0.601. The number of halogens is 1. The second-order valence-corrected chi connectivity index (χ2v) is 5.33. The number of hydrogen-bond donors (Lipinski definition) is 1. The molecule has 0 aliphatic rings. The lowest BCUT2D eigenvalue weighted by molar-refractivity contribution is -0.384. The highest BCUT2D eigenvalue weighted by atomic mass is 35.5. The molecule has 1 aromatic heterocycles. The molecule has 0 aliphatic carbocycles. The Balaban J connectivity index is 2.00. The van der Waals surface area contributed by atoms with Gasteiger partial charge in [-0.25, -0.2) is 4.98 Å². The molecule has 0 spiro atoms. The Bertz CT molecular complexity index is 865. The predicted octanol–water partition coefficient (Wildman–Crippen LogP) is 4.56. The average Bonchev–Trinajstić information content (AvgIpc) is 2.57. The molecular weight excluding hydrogens is 314 g/mol. The molecule has 114 valence electrons. The molecule has 2 aromatic carbocycles. The molecule has 1 heterocycles. The van der Waals surface area contributed by atoms with Crippen molar-refractivity contribution in [2.24, 2.45) is 0 Å². The number of pyridine rings is 1. The Kier molecular flexibility index (Phi) is 3.95. The SMILES string of the molecule is Nc1nc(-c2ccc(-c3ccccc3)cc2)c(Cl)cc1[N+](=O)[O-]. The highest BCUT2D eigenvalue weighted by molar-refractivity contribution is 6.33. The molecule has 0 saturated carbocycles. The first-order chi connectivity index (χ1) is 11.1. The van der Waals surface area contributed by atoms with Crippen LogP contribution in [0.15, 0.2) is 60.7 Å². The van der Waals surface area contributed by atoms with Crippen LogP contribution in [0.3, 0.4) is 0 Å². The van der Waals surface area contributed by atoms with Gasteiger partial charge < -0.3 is 5.73 Å². The Hall–Kier alpha value is -2.92. The van der Waals surface area contributed by atoms with Crippen molar-refractivity contribution in [3.8, 4) is 22.4 Å². The molecular formula is C17H12ClN3O2. The summed E-state index contributed by atoms with van der Waals surface area (Å²) in [5.41, 5.74) is 8.67. The summed E-state index contributed by atoms with van der Waals surface area (Å²) >= 11 is 6.11. The first-order valence-electron chi connectivity index (χ1n) is 6.82. The van der Waals surface area contributed by atoms with E-state index in [4.69, 9.17) is 17.3 Å². The number of nitrogens with zero attached hydrogens (tertiary/aromatic N) is 2. The van der Waals surface area contributed by atoms with Gasteiger partial charge >= 0.3 is 5.69 Å². The second kappa shape index (κ2) is 6.06.